The van der Waals surface area contributed by atoms with Crippen molar-refractivity contribution in [2.24, 2.45) is 5.92 Å². The fourth-order valence-corrected chi connectivity index (χ4v) is 2.45. The Hall–Kier alpha value is -1.51. The predicted molar refractivity (Wildman–Crippen MR) is 71.4 cm³/mol. The van der Waals surface area contributed by atoms with Crippen LogP contribution in [0.15, 0.2) is 24.3 Å². The van der Waals surface area contributed by atoms with E-state index in [1.807, 2.05) is 32.9 Å². The van der Waals surface area contributed by atoms with E-state index in [9.17, 15) is 4.79 Å². The van der Waals surface area contributed by atoms with Crippen molar-refractivity contribution < 1.29 is 9.53 Å². The Bertz CT molecular complexity index is 448. The van der Waals surface area contributed by atoms with Crippen LogP contribution in [-0.4, -0.2) is 11.7 Å². The van der Waals surface area contributed by atoms with Crippen LogP contribution in [0.2, 0.25) is 0 Å². The van der Waals surface area contributed by atoms with Crippen LogP contribution in [0.25, 0.3) is 0 Å². The fourth-order valence-electron chi connectivity index (χ4n) is 2.45. The van der Waals surface area contributed by atoms with Gasteiger partial charge in [-0.2, -0.15) is 0 Å². The van der Waals surface area contributed by atoms with Gasteiger partial charge >= 0.3 is 6.09 Å². The van der Waals surface area contributed by atoms with Gasteiger partial charge in [-0.05, 0) is 44.2 Å². The average Bonchev–Trinajstić information content (AvgIpc) is 2.53. The maximum atomic E-state index is 11.8. The van der Waals surface area contributed by atoms with Crippen LogP contribution in [0.5, 0.6) is 0 Å². The molecule has 0 saturated heterocycles. The molecule has 1 amide bonds. The number of amides is 1. The van der Waals surface area contributed by atoms with E-state index in [4.69, 9.17) is 4.74 Å². The van der Waals surface area contributed by atoms with Gasteiger partial charge in [0, 0.05) is 0 Å². The van der Waals surface area contributed by atoms with Crippen molar-refractivity contribution in [2.45, 2.75) is 45.8 Å². The third kappa shape index (κ3) is 2.84. The quantitative estimate of drug-likeness (QED) is 0.825. The third-order valence-electron chi connectivity index (χ3n) is 3.17. The Morgan fingerprint density at radius 2 is 2.00 bits per heavy atom. The minimum absolute atomic E-state index is 0.0658. The van der Waals surface area contributed by atoms with Gasteiger partial charge in [0.05, 0.1) is 6.04 Å². The standard InChI is InChI=1S/C15H21NO2/c1-10-9-11-7-5-6-8-12(11)13(10)16-14(17)18-15(2,3)4/h5-8,10,13H,9H2,1-4H3,(H,16,17)/t10-,13-/m1/s1. The van der Waals surface area contributed by atoms with Gasteiger partial charge in [0.25, 0.3) is 0 Å². The third-order valence-corrected chi connectivity index (χ3v) is 3.17. The van der Waals surface area contributed by atoms with Gasteiger partial charge < -0.3 is 10.1 Å². The van der Waals surface area contributed by atoms with Gasteiger partial charge in [0.1, 0.15) is 5.60 Å². The molecule has 0 radical (unpaired) electrons. The maximum Gasteiger partial charge on any atom is 0.408 e. The molecule has 0 fully saturated rings. The molecule has 1 aliphatic rings. The lowest BCUT2D eigenvalue weighted by atomic mass is 10.0. The first-order chi connectivity index (χ1) is 8.37. The Labute approximate surface area is 109 Å². The first kappa shape index (κ1) is 12.9. The van der Waals surface area contributed by atoms with Crippen LogP contribution in [0.1, 0.15) is 44.9 Å². The van der Waals surface area contributed by atoms with E-state index in [1.54, 1.807) is 0 Å². The zero-order chi connectivity index (χ0) is 13.3. The number of ether oxygens (including phenoxy) is 1. The number of rotatable bonds is 1. The highest BCUT2D eigenvalue weighted by atomic mass is 16.6. The molecule has 2 atom stereocenters. The second-order valence-electron chi connectivity index (χ2n) is 6.00. The summed E-state index contributed by atoms with van der Waals surface area (Å²) >= 11 is 0. The van der Waals surface area contributed by atoms with Gasteiger partial charge in [-0.1, -0.05) is 31.2 Å². The largest absolute Gasteiger partial charge is 0.444 e. The summed E-state index contributed by atoms with van der Waals surface area (Å²) in [5, 5.41) is 2.98. The first-order valence-corrected chi connectivity index (χ1v) is 6.44. The molecule has 2 rings (SSSR count). The second-order valence-corrected chi connectivity index (χ2v) is 6.00. The lowest BCUT2D eigenvalue weighted by Crippen LogP contribution is -2.36. The van der Waals surface area contributed by atoms with E-state index in [0.717, 1.165) is 6.42 Å². The molecule has 18 heavy (non-hydrogen) atoms. The number of carbonyl (C=O) groups excluding carboxylic acids is 1. The SMILES string of the molecule is C[C@@H]1Cc2ccccc2[C@@H]1NC(=O)OC(C)(C)C. The van der Waals surface area contributed by atoms with Gasteiger partial charge in [-0.3, -0.25) is 0 Å². The molecule has 3 nitrogen and oxygen atoms in total. The summed E-state index contributed by atoms with van der Waals surface area (Å²) in [5.74, 6) is 0.412. The summed E-state index contributed by atoms with van der Waals surface area (Å²) in [6.07, 6.45) is 0.674. The van der Waals surface area contributed by atoms with E-state index in [1.165, 1.54) is 11.1 Å². The van der Waals surface area contributed by atoms with Gasteiger partial charge in [-0.15, -0.1) is 0 Å². The number of benzene rings is 1. The van der Waals surface area contributed by atoms with Crippen LogP contribution >= 0.6 is 0 Å². The van der Waals surface area contributed by atoms with E-state index in [0.29, 0.717) is 5.92 Å². The van der Waals surface area contributed by atoms with Crippen molar-refractivity contribution in [3.05, 3.63) is 35.4 Å². The van der Waals surface area contributed by atoms with Crippen LogP contribution in [0, 0.1) is 5.92 Å². The summed E-state index contributed by atoms with van der Waals surface area (Å²) in [6.45, 7) is 7.78. The van der Waals surface area contributed by atoms with Crippen LogP contribution < -0.4 is 5.32 Å². The Morgan fingerprint density at radius 1 is 1.33 bits per heavy atom. The summed E-state index contributed by atoms with van der Waals surface area (Å²) in [7, 11) is 0. The minimum atomic E-state index is -0.453. The van der Waals surface area contributed by atoms with E-state index in [2.05, 4.69) is 24.4 Å². The summed E-state index contributed by atoms with van der Waals surface area (Å²) in [6, 6.07) is 8.34. The number of hydrogen-bond acceptors (Lipinski definition) is 2. The highest BCUT2D eigenvalue weighted by molar-refractivity contribution is 5.68. The number of nitrogens with one attached hydrogen (secondary N) is 1. The lowest BCUT2D eigenvalue weighted by molar-refractivity contribution is 0.0491. The Morgan fingerprint density at radius 3 is 2.67 bits per heavy atom. The zero-order valence-corrected chi connectivity index (χ0v) is 11.5. The fraction of sp³-hybridized carbons (Fsp3) is 0.533. The van der Waals surface area contributed by atoms with E-state index < -0.39 is 5.60 Å². The molecule has 3 heteroatoms. The van der Waals surface area contributed by atoms with Crippen molar-refractivity contribution in [2.75, 3.05) is 0 Å². The smallest absolute Gasteiger partial charge is 0.408 e. The number of hydrogen-bond donors (Lipinski definition) is 1. The molecule has 1 aliphatic carbocycles. The summed E-state index contributed by atoms with van der Waals surface area (Å²) in [4.78, 5) is 11.8. The highest BCUT2D eigenvalue weighted by Crippen LogP contribution is 2.35. The molecular weight excluding hydrogens is 226 g/mol. The molecular formula is C15H21NO2. The van der Waals surface area contributed by atoms with E-state index >= 15 is 0 Å². The predicted octanol–water partition coefficient (Wildman–Crippen LogP) is 3.44. The van der Waals surface area contributed by atoms with Gasteiger partial charge in [0.2, 0.25) is 0 Å². The van der Waals surface area contributed by atoms with Crippen molar-refractivity contribution in [3.63, 3.8) is 0 Å². The molecule has 1 aromatic carbocycles. The van der Waals surface area contributed by atoms with Crippen molar-refractivity contribution in [3.8, 4) is 0 Å². The summed E-state index contributed by atoms with van der Waals surface area (Å²) in [5.41, 5.74) is 2.09. The van der Waals surface area contributed by atoms with Crippen LogP contribution in [0.3, 0.4) is 0 Å². The molecule has 98 valence electrons. The Kier molecular flexibility index (Phi) is 3.33. The van der Waals surface area contributed by atoms with Gasteiger partial charge in [-0.25, -0.2) is 4.79 Å². The molecule has 0 aromatic heterocycles. The van der Waals surface area contributed by atoms with E-state index in [-0.39, 0.29) is 12.1 Å². The van der Waals surface area contributed by atoms with Gasteiger partial charge in [0.15, 0.2) is 0 Å². The number of fused-ring (bicyclic) bond motifs is 1. The number of alkyl carbamates (subject to hydrolysis) is 1. The lowest BCUT2D eigenvalue weighted by Gasteiger charge is -2.24. The van der Waals surface area contributed by atoms with Crippen molar-refractivity contribution >= 4 is 6.09 Å². The monoisotopic (exact) mass is 247 g/mol. The van der Waals surface area contributed by atoms with Crippen LogP contribution in [0.4, 0.5) is 4.79 Å². The Balaban J connectivity index is 2.08. The molecule has 0 bridgehead atoms. The number of carbonyl (C=O) groups is 1. The molecule has 0 heterocycles. The minimum Gasteiger partial charge on any atom is -0.444 e. The van der Waals surface area contributed by atoms with Crippen LogP contribution in [-0.2, 0) is 11.2 Å². The topological polar surface area (TPSA) is 38.3 Å². The molecule has 0 saturated carbocycles. The average molecular weight is 247 g/mol. The van der Waals surface area contributed by atoms with Crippen molar-refractivity contribution in [1.29, 1.82) is 0 Å². The highest BCUT2D eigenvalue weighted by Gasteiger charge is 2.31. The normalized spacial score (nSPS) is 22.4. The maximum absolute atomic E-state index is 11.8. The first-order valence-electron chi connectivity index (χ1n) is 6.44. The molecule has 1 N–H and O–H groups in total. The summed E-state index contributed by atoms with van der Waals surface area (Å²) < 4.78 is 5.31. The molecule has 1 aromatic rings. The molecule has 0 unspecified atom stereocenters. The zero-order valence-electron chi connectivity index (χ0n) is 11.5. The van der Waals surface area contributed by atoms with Crippen molar-refractivity contribution in [1.82, 2.24) is 5.32 Å². The second kappa shape index (κ2) is 4.63. The molecule has 0 aliphatic heterocycles. The molecule has 0 spiro atoms.